The summed E-state index contributed by atoms with van der Waals surface area (Å²) in [5.74, 6) is 1.53. The molecule has 0 radical (unpaired) electrons. The van der Waals surface area contributed by atoms with Crippen LogP contribution in [0.5, 0.6) is 5.75 Å². The van der Waals surface area contributed by atoms with E-state index in [1.54, 1.807) is 6.92 Å². The number of aromatic nitrogens is 1. The van der Waals surface area contributed by atoms with Crippen molar-refractivity contribution in [2.75, 3.05) is 39.3 Å². The number of carbonyl (C=O) groups is 3. The monoisotopic (exact) mass is 574 g/mol. The van der Waals surface area contributed by atoms with Gasteiger partial charge in [0.1, 0.15) is 12.4 Å². The number of benzene rings is 1. The Morgan fingerprint density at radius 1 is 0.976 bits per heavy atom. The predicted octanol–water partition coefficient (Wildman–Crippen LogP) is 4.66. The molecule has 3 aliphatic rings. The van der Waals surface area contributed by atoms with Gasteiger partial charge in [-0.25, -0.2) is 0 Å². The van der Waals surface area contributed by atoms with Gasteiger partial charge in [0, 0.05) is 56.8 Å². The molecular formula is C34H46N4O4. The van der Waals surface area contributed by atoms with Crippen LogP contribution < -0.4 is 10.1 Å². The van der Waals surface area contributed by atoms with Crippen molar-refractivity contribution in [1.82, 2.24) is 20.1 Å². The Bertz CT molecular complexity index is 1240. The second kappa shape index (κ2) is 14.2. The summed E-state index contributed by atoms with van der Waals surface area (Å²) in [5.41, 5.74) is 2.76. The lowest BCUT2D eigenvalue weighted by Gasteiger charge is -2.41. The Labute approximate surface area is 250 Å². The molecule has 0 bridgehead atoms. The van der Waals surface area contributed by atoms with Gasteiger partial charge in [-0.1, -0.05) is 37.1 Å². The van der Waals surface area contributed by atoms with Crippen LogP contribution in [0.15, 0.2) is 42.5 Å². The number of aryl methyl sites for hydroxylation is 2. The lowest BCUT2D eigenvalue weighted by molar-refractivity contribution is -0.141. The number of nitrogens with one attached hydrogen (secondary N) is 1. The molecule has 1 spiro atoms. The van der Waals surface area contributed by atoms with Crippen molar-refractivity contribution in [3.05, 3.63) is 59.4 Å². The van der Waals surface area contributed by atoms with Gasteiger partial charge in [-0.15, -0.1) is 0 Å². The number of nitrogens with zero attached hydrogens (tertiary/aromatic N) is 3. The summed E-state index contributed by atoms with van der Waals surface area (Å²) >= 11 is 0. The van der Waals surface area contributed by atoms with E-state index in [0.29, 0.717) is 58.5 Å². The maximum Gasteiger partial charge on any atom is 0.226 e. The van der Waals surface area contributed by atoms with Gasteiger partial charge >= 0.3 is 0 Å². The summed E-state index contributed by atoms with van der Waals surface area (Å²) in [5, 5.41) is 3.15. The van der Waals surface area contributed by atoms with Crippen LogP contribution in [0.1, 0.15) is 87.6 Å². The molecule has 0 saturated carbocycles. The minimum absolute atomic E-state index is 0.109. The van der Waals surface area contributed by atoms with E-state index in [1.165, 1.54) is 5.56 Å². The lowest BCUT2D eigenvalue weighted by atomic mass is 9.73. The third-order valence-electron chi connectivity index (χ3n) is 9.48. The van der Waals surface area contributed by atoms with Crippen molar-refractivity contribution in [3.8, 4) is 5.75 Å². The molecule has 2 aromatic rings. The minimum atomic E-state index is -0.415. The average Bonchev–Trinajstić information content (AvgIpc) is 3.03. The normalized spacial score (nSPS) is 21.6. The van der Waals surface area contributed by atoms with Crippen LogP contribution >= 0.6 is 0 Å². The molecule has 3 amide bonds. The molecule has 1 atom stereocenters. The van der Waals surface area contributed by atoms with Crippen LogP contribution in [-0.4, -0.2) is 71.8 Å². The number of para-hydroxylation sites is 1. The number of pyridine rings is 1. The third-order valence-corrected chi connectivity index (χ3v) is 9.48. The van der Waals surface area contributed by atoms with Crippen molar-refractivity contribution < 1.29 is 19.1 Å². The quantitative estimate of drug-likeness (QED) is 0.574. The zero-order valence-electron chi connectivity index (χ0n) is 25.1. The summed E-state index contributed by atoms with van der Waals surface area (Å²) in [6.45, 7) is 5.34. The van der Waals surface area contributed by atoms with Crippen LogP contribution in [0, 0.1) is 5.41 Å². The van der Waals surface area contributed by atoms with Crippen molar-refractivity contribution in [3.63, 3.8) is 0 Å². The average molecular weight is 575 g/mol. The number of ether oxygens (including phenoxy) is 1. The summed E-state index contributed by atoms with van der Waals surface area (Å²) in [6, 6.07) is 14.3. The topological polar surface area (TPSA) is 91.8 Å². The molecular weight excluding hydrogens is 528 g/mol. The van der Waals surface area contributed by atoms with Gasteiger partial charge in [0.05, 0.1) is 12.0 Å². The van der Waals surface area contributed by atoms with Crippen LogP contribution in [0.25, 0.3) is 0 Å². The Hall–Kier alpha value is -3.42. The maximum atomic E-state index is 13.4. The van der Waals surface area contributed by atoms with Gasteiger partial charge in [-0.2, -0.15) is 0 Å². The second-order valence-corrected chi connectivity index (χ2v) is 12.3. The molecule has 1 aromatic carbocycles. The van der Waals surface area contributed by atoms with E-state index < -0.39 is 5.41 Å². The molecule has 0 aliphatic carbocycles. The minimum Gasteiger partial charge on any atom is -0.491 e. The van der Waals surface area contributed by atoms with Gasteiger partial charge in [0.15, 0.2) is 0 Å². The van der Waals surface area contributed by atoms with Crippen LogP contribution in [0.2, 0.25) is 0 Å². The van der Waals surface area contributed by atoms with Gasteiger partial charge < -0.3 is 19.9 Å². The smallest absolute Gasteiger partial charge is 0.226 e. The van der Waals surface area contributed by atoms with Crippen LogP contribution in [0.4, 0.5) is 0 Å². The van der Waals surface area contributed by atoms with Crippen LogP contribution in [-0.2, 0) is 27.2 Å². The first kappa shape index (κ1) is 30.1. The fraction of sp³-hybridized carbons (Fsp3) is 0.588. The predicted molar refractivity (Wildman–Crippen MR) is 162 cm³/mol. The highest BCUT2D eigenvalue weighted by Crippen LogP contribution is 2.38. The zero-order valence-corrected chi connectivity index (χ0v) is 25.1. The molecule has 1 N–H and O–H groups in total. The molecule has 5 rings (SSSR count). The van der Waals surface area contributed by atoms with E-state index in [2.05, 4.69) is 17.4 Å². The van der Waals surface area contributed by atoms with E-state index in [0.717, 1.165) is 68.6 Å². The van der Waals surface area contributed by atoms with E-state index in [1.807, 2.05) is 40.1 Å². The van der Waals surface area contributed by atoms with E-state index in [4.69, 9.17) is 9.72 Å². The molecule has 1 unspecified atom stereocenters. The Balaban J connectivity index is 1.13. The summed E-state index contributed by atoms with van der Waals surface area (Å²) < 4.78 is 6.00. The lowest BCUT2D eigenvalue weighted by Crippen LogP contribution is -2.50. The van der Waals surface area contributed by atoms with Crippen molar-refractivity contribution >= 4 is 17.7 Å². The second-order valence-electron chi connectivity index (χ2n) is 12.3. The largest absolute Gasteiger partial charge is 0.491 e. The number of hydrogen-bond donors (Lipinski definition) is 1. The number of piperidine rings is 2. The molecule has 2 fully saturated rings. The number of fused-ring (bicyclic) bond motifs is 1. The molecule has 8 nitrogen and oxygen atoms in total. The number of likely N-dealkylation sites (tertiary alicyclic amines) is 2. The van der Waals surface area contributed by atoms with E-state index in [-0.39, 0.29) is 23.6 Å². The standard InChI is InChI=1S/C34H46N4O4/c1-26(39)38-21-8-11-28(25-38)30-13-7-12-29(36-30)15-16-32(40)37-22-18-34(19-23-37)17-6-2-3-9-27-10-4-5-14-31(27)42-24-20-35-33(34)41/h4-5,7,10,12-14,28H,2-3,6,8-9,11,15-25H2,1H3,(H,35,41). The molecule has 3 aliphatic heterocycles. The number of amides is 3. The molecule has 226 valence electrons. The maximum absolute atomic E-state index is 13.4. The number of carbonyl (C=O) groups excluding carboxylic acids is 3. The first-order chi connectivity index (χ1) is 20.4. The van der Waals surface area contributed by atoms with E-state index >= 15 is 0 Å². The third kappa shape index (κ3) is 7.50. The van der Waals surface area contributed by atoms with Crippen molar-refractivity contribution in [2.24, 2.45) is 5.41 Å². The fourth-order valence-corrected chi connectivity index (χ4v) is 6.86. The highest BCUT2D eigenvalue weighted by Gasteiger charge is 2.41. The first-order valence-electron chi connectivity index (χ1n) is 15.9. The molecule has 2 saturated heterocycles. The van der Waals surface area contributed by atoms with Gasteiger partial charge in [-0.05, 0) is 75.1 Å². The Morgan fingerprint density at radius 3 is 2.64 bits per heavy atom. The van der Waals surface area contributed by atoms with Crippen molar-refractivity contribution in [1.29, 1.82) is 0 Å². The molecule has 4 heterocycles. The summed E-state index contributed by atoms with van der Waals surface area (Å²) in [4.78, 5) is 47.3. The van der Waals surface area contributed by atoms with E-state index in [9.17, 15) is 14.4 Å². The summed E-state index contributed by atoms with van der Waals surface area (Å²) in [6.07, 6.45) is 9.45. The zero-order chi connectivity index (χ0) is 29.4. The Morgan fingerprint density at radius 2 is 1.81 bits per heavy atom. The Kier molecular flexibility index (Phi) is 10.1. The number of rotatable bonds is 4. The highest BCUT2D eigenvalue weighted by molar-refractivity contribution is 5.83. The molecule has 1 aromatic heterocycles. The first-order valence-corrected chi connectivity index (χ1v) is 15.9. The SMILES string of the molecule is CC(=O)N1CCCC(c2cccc(CCC(=O)N3CCC4(CCCCCc5ccccc5OCCNC4=O)CC3)n2)C1. The van der Waals surface area contributed by atoms with Gasteiger partial charge in [0.25, 0.3) is 0 Å². The number of hydrogen-bond acceptors (Lipinski definition) is 5. The fourth-order valence-electron chi connectivity index (χ4n) is 6.86. The van der Waals surface area contributed by atoms with Crippen molar-refractivity contribution in [2.45, 2.75) is 83.5 Å². The van der Waals surface area contributed by atoms with Gasteiger partial charge in [0.2, 0.25) is 17.7 Å². The molecule has 42 heavy (non-hydrogen) atoms. The highest BCUT2D eigenvalue weighted by atomic mass is 16.5. The van der Waals surface area contributed by atoms with Crippen LogP contribution in [0.3, 0.4) is 0 Å². The molecule has 8 heteroatoms. The summed E-state index contributed by atoms with van der Waals surface area (Å²) in [7, 11) is 0. The van der Waals surface area contributed by atoms with Gasteiger partial charge in [-0.3, -0.25) is 19.4 Å².